The highest BCUT2D eigenvalue weighted by Gasteiger charge is 2.22. The molecule has 0 spiro atoms. The topological polar surface area (TPSA) is 35.8 Å². The molecule has 0 saturated carbocycles. The third kappa shape index (κ3) is 2.49. The molecular formula is C15H13ClN2OS. The van der Waals surface area contributed by atoms with Crippen LogP contribution < -0.4 is 4.90 Å². The Kier molecular flexibility index (Phi) is 3.85. The third-order valence-electron chi connectivity index (χ3n) is 3.15. The molecule has 1 aliphatic heterocycles. The molecule has 0 bridgehead atoms. The van der Waals surface area contributed by atoms with E-state index in [1.54, 1.807) is 11.8 Å². The van der Waals surface area contributed by atoms with Crippen LogP contribution in [0.4, 0.5) is 11.4 Å². The highest BCUT2D eigenvalue weighted by atomic mass is 35.5. The third-order valence-corrected chi connectivity index (χ3v) is 4.52. The minimum Gasteiger partial charge on any atom is -0.411 e. The Morgan fingerprint density at radius 2 is 1.95 bits per heavy atom. The second-order valence-electron chi connectivity index (χ2n) is 4.42. The van der Waals surface area contributed by atoms with Gasteiger partial charge in [-0.2, -0.15) is 0 Å². The summed E-state index contributed by atoms with van der Waals surface area (Å²) in [4.78, 5) is 4.63. The standard InChI is InChI=1S/C15H13ClN2OS/c16-11-6-7-15-13(10-11)18(9-3-8-17-19)12-4-1-2-5-14(12)20-15/h1-2,4-8,10,19H,3,9H2. The normalized spacial score (nSPS) is 13.3. The Morgan fingerprint density at radius 3 is 2.80 bits per heavy atom. The van der Waals surface area contributed by atoms with Gasteiger partial charge in [-0.15, -0.1) is 5.16 Å². The van der Waals surface area contributed by atoms with Crippen molar-refractivity contribution in [1.82, 2.24) is 0 Å². The van der Waals surface area contributed by atoms with Gasteiger partial charge in [0.1, 0.15) is 0 Å². The van der Waals surface area contributed by atoms with Crippen molar-refractivity contribution < 1.29 is 5.21 Å². The van der Waals surface area contributed by atoms with Crippen LogP contribution in [0.25, 0.3) is 0 Å². The lowest BCUT2D eigenvalue weighted by molar-refractivity contribution is 0.320. The van der Waals surface area contributed by atoms with E-state index in [9.17, 15) is 0 Å². The average molecular weight is 305 g/mol. The van der Waals surface area contributed by atoms with Gasteiger partial charge in [-0.05, 0) is 30.3 Å². The number of anilines is 2. The van der Waals surface area contributed by atoms with Crippen molar-refractivity contribution in [2.45, 2.75) is 16.2 Å². The monoisotopic (exact) mass is 304 g/mol. The highest BCUT2D eigenvalue weighted by Crippen LogP contribution is 2.48. The van der Waals surface area contributed by atoms with Crippen molar-refractivity contribution in [3.05, 3.63) is 47.5 Å². The van der Waals surface area contributed by atoms with E-state index in [2.05, 4.69) is 22.2 Å². The smallest absolute Gasteiger partial charge is 0.0567 e. The molecule has 2 aromatic carbocycles. The van der Waals surface area contributed by atoms with Gasteiger partial charge in [0.25, 0.3) is 0 Å². The van der Waals surface area contributed by atoms with Gasteiger partial charge in [0, 0.05) is 34.0 Å². The molecule has 0 atom stereocenters. The number of benzene rings is 2. The number of para-hydroxylation sites is 1. The van der Waals surface area contributed by atoms with Crippen LogP contribution >= 0.6 is 23.4 Å². The maximum Gasteiger partial charge on any atom is 0.0567 e. The van der Waals surface area contributed by atoms with E-state index >= 15 is 0 Å². The van der Waals surface area contributed by atoms with E-state index < -0.39 is 0 Å². The number of fused-ring (bicyclic) bond motifs is 2. The number of oxime groups is 1. The minimum absolute atomic E-state index is 0.668. The summed E-state index contributed by atoms with van der Waals surface area (Å²) in [7, 11) is 0. The Bertz CT molecular complexity index is 660. The van der Waals surface area contributed by atoms with E-state index in [0.29, 0.717) is 6.42 Å². The van der Waals surface area contributed by atoms with Gasteiger partial charge in [0.05, 0.1) is 11.4 Å². The zero-order chi connectivity index (χ0) is 13.9. The lowest BCUT2D eigenvalue weighted by Gasteiger charge is -2.32. The molecule has 1 heterocycles. The quantitative estimate of drug-likeness (QED) is 0.503. The van der Waals surface area contributed by atoms with E-state index in [1.807, 2.05) is 30.3 Å². The van der Waals surface area contributed by atoms with E-state index in [-0.39, 0.29) is 0 Å². The van der Waals surface area contributed by atoms with Gasteiger partial charge in [-0.1, -0.05) is 35.5 Å². The molecule has 0 radical (unpaired) electrons. The maximum atomic E-state index is 8.56. The molecule has 102 valence electrons. The lowest BCUT2D eigenvalue weighted by atomic mass is 10.2. The van der Waals surface area contributed by atoms with E-state index in [0.717, 1.165) is 17.3 Å². The Balaban J connectivity index is 2.04. The molecule has 0 unspecified atom stereocenters. The predicted octanol–water partition coefficient (Wildman–Crippen LogP) is 4.79. The van der Waals surface area contributed by atoms with Crippen LogP contribution in [0.15, 0.2) is 57.4 Å². The van der Waals surface area contributed by atoms with Gasteiger partial charge in [-0.25, -0.2) is 0 Å². The van der Waals surface area contributed by atoms with Crippen molar-refractivity contribution in [1.29, 1.82) is 0 Å². The first-order valence-corrected chi connectivity index (χ1v) is 7.49. The SMILES string of the molecule is ON=CCCN1c2ccccc2Sc2ccc(Cl)cc21. The molecule has 5 heteroatoms. The molecule has 0 amide bonds. The Labute approximate surface area is 126 Å². The zero-order valence-electron chi connectivity index (χ0n) is 10.7. The molecular weight excluding hydrogens is 292 g/mol. The molecule has 1 N–H and O–H groups in total. The number of halogens is 1. The van der Waals surface area contributed by atoms with Crippen molar-refractivity contribution in [2.75, 3.05) is 11.4 Å². The van der Waals surface area contributed by atoms with Crippen LogP contribution in [-0.2, 0) is 0 Å². The molecule has 1 aliphatic rings. The first-order valence-electron chi connectivity index (χ1n) is 6.29. The summed E-state index contributed by atoms with van der Waals surface area (Å²) in [6, 6.07) is 14.2. The van der Waals surface area contributed by atoms with Gasteiger partial charge in [0.15, 0.2) is 0 Å². The van der Waals surface area contributed by atoms with Crippen LogP contribution in [0.2, 0.25) is 5.02 Å². The van der Waals surface area contributed by atoms with Gasteiger partial charge >= 0.3 is 0 Å². The summed E-state index contributed by atoms with van der Waals surface area (Å²) in [5.74, 6) is 0. The fraction of sp³-hybridized carbons (Fsp3) is 0.133. The number of hydrogen-bond acceptors (Lipinski definition) is 4. The Hall–Kier alpha value is -1.65. The van der Waals surface area contributed by atoms with Crippen LogP contribution in [-0.4, -0.2) is 18.0 Å². The molecule has 2 aromatic rings. The average Bonchev–Trinajstić information content (AvgIpc) is 2.47. The molecule has 20 heavy (non-hydrogen) atoms. The van der Waals surface area contributed by atoms with Crippen LogP contribution in [0.1, 0.15) is 6.42 Å². The summed E-state index contributed by atoms with van der Waals surface area (Å²) < 4.78 is 0. The second kappa shape index (κ2) is 5.77. The molecule has 3 rings (SSSR count). The summed E-state index contributed by atoms with van der Waals surface area (Å²) in [6.45, 7) is 0.745. The molecule has 0 saturated heterocycles. The van der Waals surface area contributed by atoms with Gasteiger partial charge in [-0.3, -0.25) is 0 Å². The van der Waals surface area contributed by atoms with Gasteiger partial charge in [0.2, 0.25) is 0 Å². The molecule has 3 nitrogen and oxygen atoms in total. The fourth-order valence-electron chi connectivity index (χ4n) is 2.29. The largest absolute Gasteiger partial charge is 0.411 e. The van der Waals surface area contributed by atoms with Gasteiger partial charge < -0.3 is 10.1 Å². The van der Waals surface area contributed by atoms with E-state index in [1.165, 1.54) is 21.7 Å². The second-order valence-corrected chi connectivity index (χ2v) is 5.94. The highest BCUT2D eigenvalue weighted by molar-refractivity contribution is 7.99. The summed E-state index contributed by atoms with van der Waals surface area (Å²) >= 11 is 7.88. The molecule has 0 aromatic heterocycles. The van der Waals surface area contributed by atoms with Crippen LogP contribution in [0, 0.1) is 0 Å². The lowest BCUT2D eigenvalue weighted by Crippen LogP contribution is -2.22. The summed E-state index contributed by atoms with van der Waals surface area (Å²) in [5, 5.41) is 12.3. The van der Waals surface area contributed by atoms with Crippen LogP contribution in [0.3, 0.4) is 0 Å². The van der Waals surface area contributed by atoms with Crippen molar-refractivity contribution >= 4 is 41.0 Å². The molecule has 0 fully saturated rings. The van der Waals surface area contributed by atoms with Crippen molar-refractivity contribution in [2.24, 2.45) is 5.16 Å². The first-order chi connectivity index (χ1) is 9.79. The summed E-state index contributed by atoms with van der Waals surface area (Å²) in [5.41, 5.74) is 2.27. The van der Waals surface area contributed by atoms with E-state index in [4.69, 9.17) is 16.8 Å². The van der Waals surface area contributed by atoms with Crippen molar-refractivity contribution in [3.8, 4) is 0 Å². The zero-order valence-corrected chi connectivity index (χ0v) is 12.2. The maximum absolute atomic E-state index is 8.56. The summed E-state index contributed by atoms with van der Waals surface area (Å²) in [6.07, 6.45) is 2.18. The number of hydrogen-bond donors (Lipinski definition) is 1. The number of nitrogens with zero attached hydrogens (tertiary/aromatic N) is 2. The minimum atomic E-state index is 0.668. The van der Waals surface area contributed by atoms with Crippen molar-refractivity contribution in [3.63, 3.8) is 0 Å². The number of rotatable bonds is 3. The van der Waals surface area contributed by atoms with Crippen LogP contribution in [0.5, 0.6) is 0 Å². The first kappa shape index (κ1) is 13.3. The molecule has 0 aliphatic carbocycles. The fourth-order valence-corrected chi connectivity index (χ4v) is 3.53. The predicted molar refractivity (Wildman–Crippen MR) is 83.9 cm³/mol. The Morgan fingerprint density at radius 1 is 1.15 bits per heavy atom.